The summed E-state index contributed by atoms with van der Waals surface area (Å²) in [6.45, 7) is 0.766. The van der Waals surface area contributed by atoms with Crippen LogP contribution in [0.5, 0.6) is 0 Å². The molecule has 4 heteroatoms. The van der Waals surface area contributed by atoms with Crippen molar-refractivity contribution in [2.45, 2.75) is 6.42 Å². The third-order valence-electron chi connectivity index (χ3n) is 2.10. The van der Waals surface area contributed by atoms with Crippen LogP contribution in [0.15, 0.2) is 35.7 Å². The Morgan fingerprint density at radius 2 is 2.07 bits per heavy atom. The third-order valence-corrected chi connectivity index (χ3v) is 3.01. The summed E-state index contributed by atoms with van der Waals surface area (Å²) in [6.07, 6.45) is 0.883. The summed E-state index contributed by atoms with van der Waals surface area (Å²) in [5.74, 6) is 5.22. The van der Waals surface area contributed by atoms with Gasteiger partial charge in [-0.1, -0.05) is 30.3 Å². The van der Waals surface area contributed by atoms with Crippen LogP contribution in [0.4, 0.5) is 0 Å². The molecule has 0 spiro atoms. The summed E-state index contributed by atoms with van der Waals surface area (Å²) in [7, 11) is 0. The van der Waals surface area contributed by atoms with E-state index in [-0.39, 0.29) is 0 Å². The molecule has 3 N–H and O–H groups in total. The number of nitrogens with zero attached hydrogens (tertiary/aromatic N) is 1. The molecule has 1 heterocycles. The Morgan fingerprint density at radius 3 is 2.80 bits per heavy atom. The summed E-state index contributed by atoms with van der Waals surface area (Å²) < 4.78 is 0. The van der Waals surface area contributed by atoms with Crippen molar-refractivity contribution in [2.24, 2.45) is 5.84 Å². The van der Waals surface area contributed by atoms with Gasteiger partial charge in [-0.05, 0) is 0 Å². The van der Waals surface area contributed by atoms with Gasteiger partial charge in [0.1, 0.15) is 0 Å². The second-order valence-corrected chi connectivity index (χ2v) is 4.14. The van der Waals surface area contributed by atoms with Crippen molar-refractivity contribution in [1.29, 1.82) is 0 Å². The van der Waals surface area contributed by atoms with E-state index in [1.165, 1.54) is 5.56 Å². The third kappa shape index (κ3) is 2.62. The van der Waals surface area contributed by atoms with Crippen LogP contribution in [0.25, 0.3) is 11.3 Å². The molecule has 0 radical (unpaired) electrons. The van der Waals surface area contributed by atoms with Crippen LogP contribution in [-0.2, 0) is 6.42 Å². The largest absolute Gasteiger partial charge is 0.271 e. The fourth-order valence-electron chi connectivity index (χ4n) is 1.35. The SMILES string of the molecule is NNCCc1nc(-c2ccccc2)cs1. The Kier molecular flexibility index (Phi) is 3.45. The second-order valence-electron chi connectivity index (χ2n) is 3.20. The number of hydrogen-bond acceptors (Lipinski definition) is 4. The molecule has 0 aliphatic carbocycles. The summed E-state index contributed by atoms with van der Waals surface area (Å²) in [5.41, 5.74) is 4.85. The molecule has 3 nitrogen and oxygen atoms in total. The minimum Gasteiger partial charge on any atom is -0.271 e. The van der Waals surface area contributed by atoms with Crippen LogP contribution < -0.4 is 11.3 Å². The Bertz CT molecular complexity index is 411. The number of benzene rings is 1. The van der Waals surface area contributed by atoms with Gasteiger partial charge in [-0.2, -0.15) is 0 Å². The van der Waals surface area contributed by atoms with Gasteiger partial charge >= 0.3 is 0 Å². The average Bonchev–Trinajstić information content (AvgIpc) is 2.76. The van der Waals surface area contributed by atoms with E-state index in [2.05, 4.69) is 27.9 Å². The van der Waals surface area contributed by atoms with E-state index >= 15 is 0 Å². The van der Waals surface area contributed by atoms with E-state index in [1.807, 2.05) is 18.2 Å². The first kappa shape index (κ1) is 10.3. The molecular formula is C11H13N3S. The molecular weight excluding hydrogens is 206 g/mol. The zero-order chi connectivity index (χ0) is 10.5. The fraction of sp³-hybridized carbons (Fsp3) is 0.182. The maximum atomic E-state index is 5.22. The molecule has 0 bridgehead atoms. The van der Waals surface area contributed by atoms with Crippen molar-refractivity contribution in [2.75, 3.05) is 6.54 Å². The van der Waals surface area contributed by atoms with Gasteiger partial charge in [-0.25, -0.2) is 4.98 Å². The predicted octanol–water partition coefficient (Wildman–Crippen LogP) is 1.82. The normalized spacial score (nSPS) is 10.5. The molecule has 0 fully saturated rings. The molecule has 2 aromatic rings. The number of rotatable bonds is 4. The number of nitrogens with two attached hydrogens (primary N) is 1. The van der Waals surface area contributed by atoms with Gasteiger partial charge in [0.05, 0.1) is 10.7 Å². The first-order valence-corrected chi connectivity index (χ1v) is 5.71. The Labute approximate surface area is 92.9 Å². The summed E-state index contributed by atoms with van der Waals surface area (Å²) in [4.78, 5) is 4.54. The van der Waals surface area contributed by atoms with Gasteiger partial charge in [-0.3, -0.25) is 11.3 Å². The van der Waals surface area contributed by atoms with Crippen LogP contribution in [0, 0.1) is 0 Å². The molecule has 0 unspecified atom stereocenters. The lowest BCUT2D eigenvalue weighted by Crippen LogP contribution is -2.24. The van der Waals surface area contributed by atoms with Gasteiger partial charge in [0.2, 0.25) is 0 Å². The second kappa shape index (κ2) is 5.02. The highest BCUT2D eigenvalue weighted by Crippen LogP contribution is 2.21. The van der Waals surface area contributed by atoms with E-state index in [0.717, 1.165) is 23.7 Å². The Morgan fingerprint density at radius 1 is 1.27 bits per heavy atom. The van der Waals surface area contributed by atoms with Crippen molar-refractivity contribution in [3.63, 3.8) is 0 Å². The molecule has 0 atom stereocenters. The Balaban J connectivity index is 2.14. The minimum atomic E-state index is 0.766. The first-order chi connectivity index (χ1) is 7.40. The lowest BCUT2D eigenvalue weighted by molar-refractivity contribution is 0.726. The van der Waals surface area contributed by atoms with Crippen LogP contribution in [0.3, 0.4) is 0 Å². The number of aromatic nitrogens is 1. The van der Waals surface area contributed by atoms with Crippen molar-refractivity contribution < 1.29 is 0 Å². The van der Waals surface area contributed by atoms with Crippen molar-refractivity contribution in [3.05, 3.63) is 40.7 Å². The van der Waals surface area contributed by atoms with Crippen LogP contribution in [-0.4, -0.2) is 11.5 Å². The number of nitrogens with one attached hydrogen (secondary N) is 1. The number of hydrazine groups is 1. The molecule has 1 aromatic heterocycles. The van der Waals surface area contributed by atoms with E-state index in [1.54, 1.807) is 11.3 Å². The highest BCUT2D eigenvalue weighted by Gasteiger charge is 2.02. The van der Waals surface area contributed by atoms with E-state index in [4.69, 9.17) is 5.84 Å². The summed E-state index contributed by atoms with van der Waals surface area (Å²) in [5, 5.41) is 3.20. The molecule has 0 saturated carbocycles. The van der Waals surface area contributed by atoms with Gasteiger partial charge in [0.25, 0.3) is 0 Å². The molecule has 2 rings (SSSR count). The predicted molar refractivity (Wildman–Crippen MR) is 63.4 cm³/mol. The zero-order valence-electron chi connectivity index (χ0n) is 8.31. The lowest BCUT2D eigenvalue weighted by Gasteiger charge is -1.95. The minimum absolute atomic E-state index is 0.766. The highest BCUT2D eigenvalue weighted by molar-refractivity contribution is 7.09. The molecule has 0 aliphatic rings. The van der Waals surface area contributed by atoms with Crippen LogP contribution in [0.2, 0.25) is 0 Å². The molecule has 15 heavy (non-hydrogen) atoms. The topological polar surface area (TPSA) is 50.9 Å². The maximum Gasteiger partial charge on any atom is 0.0945 e. The van der Waals surface area contributed by atoms with Crippen molar-refractivity contribution >= 4 is 11.3 Å². The van der Waals surface area contributed by atoms with Crippen molar-refractivity contribution in [3.8, 4) is 11.3 Å². The molecule has 0 amide bonds. The Hall–Kier alpha value is -1.23. The summed E-state index contributed by atoms with van der Waals surface area (Å²) in [6, 6.07) is 10.2. The van der Waals surface area contributed by atoms with Gasteiger partial charge < -0.3 is 0 Å². The molecule has 1 aromatic carbocycles. The molecule has 78 valence electrons. The molecule has 0 saturated heterocycles. The number of hydrogen-bond donors (Lipinski definition) is 2. The van der Waals surface area contributed by atoms with E-state index in [0.29, 0.717) is 0 Å². The summed E-state index contributed by atoms with van der Waals surface area (Å²) >= 11 is 1.68. The smallest absolute Gasteiger partial charge is 0.0945 e. The lowest BCUT2D eigenvalue weighted by atomic mass is 10.2. The van der Waals surface area contributed by atoms with Crippen LogP contribution in [0.1, 0.15) is 5.01 Å². The first-order valence-electron chi connectivity index (χ1n) is 4.83. The van der Waals surface area contributed by atoms with Gasteiger partial charge in [-0.15, -0.1) is 11.3 Å². The van der Waals surface area contributed by atoms with E-state index < -0.39 is 0 Å². The monoisotopic (exact) mass is 219 g/mol. The zero-order valence-corrected chi connectivity index (χ0v) is 9.13. The fourth-order valence-corrected chi connectivity index (χ4v) is 2.15. The standard InChI is InChI=1S/C11H13N3S/c12-13-7-6-11-14-10(8-15-11)9-4-2-1-3-5-9/h1-5,8,13H,6-7,12H2. The average molecular weight is 219 g/mol. The van der Waals surface area contributed by atoms with Crippen LogP contribution >= 0.6 is 11.3 Å². The van der Waals surface area contributed by atoms with Gasteiger partial charge in [0, 0.05) is 23.9 Å². The quantitative estimate of drug-likeness (QED) is 0.609. The van der Waals surface area contributed by atoms with Gasteiger partial charge in [0.15, 0.2) is 0 Å². The maximum absolute atomic E-state index is 5.22. The highest BCUT2D eigenvalue weighted by atomic mass is 32.1. The van der Waals surface area contributed by atoms with E-state index in [9.17, 15) is 0 Å². The molecule has 0 aliphatic heterocycles. The number of thiazole rings is 1. The van der Waals surface area contributed by atoms with Crippen molar-refractivity contribution in [1.82, 2.24) is 10.4 Å².